The van der Waals surface area contributed by atoms with Gasteiger partial charge < -0.3 is 15.2 Å². The van der Waals surface area contributed by atoms with Crippen LogP contribution in [0.4, 0.5) is 0 Å². The first-order valence-corrected chi connectivity index (χ1v) is 6.60. The van der Waals surface area contributed by atoms with Crippen molar-refractivity contribution in [1.82, 2.24) is 25.7 Å². The van der Waals surface area contributed by atoms with E-state index in [4.69, 9.17) is 4.52 Å². The average molecular weight is 267 g/mol. The van der Waals surface area contributed by atoms with E-state index < -0.39 is 0 Å². The van der Waals surface area contributed by atoms with Crippen LogP contribution in [0.5, 0.6) is 0 Å². The lowest BCUT2D eigenvalue weighted by Crippen LogP contribution is -2.57. The summed E-state index contributed by atoms with van der Waals surface area (Å²) in [6, 6.07) is -0.181. The maximum absolute atomic E-state index is 11.8. The van der Waals surface area contributed by atoms with Gasteiger partial charge in [-0.1, -0.05) is 19.0 Å². The van der Waals surface area contributed by atoms with E-state index in [9.17, 15) is 4.79 Å². The summed E-state index contributed by atoms with van der Waals surface area (Å²) in [7, 11) is 1.65. The summed E-state index contributed by atoms with van der Waals surface area (Å²) in [5.41, 5.74) is 0. The number of piperazine rings is 1. The Balaban J connectivity index is 2.04. The number of amides is 1. The van der Waals surface area contributed by atoms with Crippen molar-refractivity contribution in [3.63, 3.8) is 0 Å². The normalized spacial score (nSPS) is 20.7. The molecule has 0 aliphatic carbocycles. The van der Waals surface area contributed by atoms with Gasteiger partial charge in [0.25, 0.3) is 0 Å². The quantitative estimate of drug-likeness (QED) is 0.780. The smallest absolute Gasteiger partial charge is 0.238 e. The van der Waals surface area contributed by atoms with Crippen molar-refractivity contribution in [1.29, 1.82) is 0 Å². The molecule has 1 aromatic heterocycles. The number of carbonyl (C=O) groups is 1. The minimum atomic E-state index is -0.181. The summed E-state index contributed by atoms with van der Waals surface area (Å²) in [6.07, 6.45) is 0. The molecule has 2 N–H and O–H groups in total. The van der Waals surface area contributed by atoms with Crippen LogP contribution in [-0.4, -0.2) is 53.7 Å². The summed E-state index contributed by atoms with van der Waals surface area (Å²) >= 11 is 0. The Hall–Kier alpha value is -1.47. The first-order chi connectivity index (χ1) is 9.11. The lowest BCUT2D eigenvalue weighted by molar-refractivity contribution is -0.126. The lowest BCUT2D eigenvalue weighted by atomic mass is 10.1. The van der Waals surface area contributed by atoms with Crippen LogP contribution in [0.3, 0.4) is 0 Å². The van der Waals surface area contributed by atoms with Crippen LogP contribution in [0.25, 0.3) is 0 Å². The first-order valence-electron chi connectivity index (χ1n) is 6.60. The van der Waals surface area contributed by atoms with Gasteiger partial charge in [-0.2, -0.15) is 4.98 Å². The number of rotatable bonds is 4. The Morgan fingerprint density at radius 1 is 1.63 bits per heavy atom. The number of carbonyl (C=O) groups excluding carboxylic acids is 1. The number of hydrogen-bond acceptors (Lipinski definition) is 6. The molecular weight excluding hydrogens is 246 g/mol. The fourth-order valence-corrected chi connectivity index (χ4v) is 2.11. The largest absolute Gasteiger partial charge is 0.358 e. The first kappa shape index (κ1) is 14.0. The molecule has 19 heavy (non-hydrogen) atoms. The molecular formula is C12H21N5O2. The Morgan fingerprint density at radius 3 is 3.05 bits per heavy atom. The Morgan fingerprint density at radius 2 is 2.42 bits per heavy atom. The summed E-state index contributed by atoms with van der Waals surface area (Å²) in [5, 5.41) is 9.88. The fourth-order valence-electron chi connectivity index (χ4n) is 2.11. The predicted molar refractivity (Wildman–Crippen MR) is 69.5 cm³/mol. The summed E-state index contributed by atoms with van der Waals surface area (Å²) < 4.78 is 5.19. The van der Waals surface area contributed by atoms with Crippen LogP contribution in [0.2, 0.25) is 0 Å². The molecule has 1 aliphatic heterocycles. The minimum absolute atomic E-state index is 0.0137. The van der Waals surface area contributed by atoms with Crippen LogP contribution < -0.4 is 10.6 Å². The third-order valence-corrected chi connectivity index (χ3v) is 3.23. The van der Waals surface area contributed by atoms with E-state index in [0.717, 1.165) is 13.1 Å². The van der Waals surface area contributed by atoms with Crippen molar-refractivity contribution in [3.05, 3.63) is 11.7 Å². The molecule has 0 bridgehead atoms. The molecule has 2 heterocycles. The summed E-state index contributed by atoms with van der Waals surface area (Å²) in [5.74, 6) is 1.51. The standard InChI is InChI=1S/C12H21N5O2/c1-8(2)12-15-10(16-19-12)7-17-5-4-14-6-9(17)11(18)13-3/h8-9,14H,4-7H2,1-3H3,(H,13,18). The topological polar surface area (TPSA) is 83.3 Å². The van der Waals surface area contributed by atoms with Crippen molar-refractivity contribution in [3.8, 4) is 0 Å². The van der Waals surface area contributed by atoms with E-state index >= 15 is 0 Å². The molecule has 1 aliphatic rings. The molecule has 0 radical (unpaired) electrons. The zero-order valence-electron chi connectivity index (χ0n) is 11.6. The number of hydrogen-bond donors (Lipinski definition) is 2. The molecule has 1 aromatic rings. The molecule has 7 nitrogen and oxygen atoms in total. The molecule has 7 heteroatoms. The van der Waals surface area contributed by atoms with Crippen molar-refractivity contribution in [2.24, 2.45) is 0 Å². The van der Waals surface area contributed by atoms with E-state index in [2.05, 4.69) is 25.7 Å². The van der Waals surface area contributed by atoms with Crippen molar-refractivity contribution >= 4 is 5.91 Å². The SMILES string of the molecule is CNC(=O)C1CNCCN1Cc1noc(C(C)C)n1. The summed E-state index contributed by atoms with van der Waals surface area (Å²) in [4.78, 5) is 18.2. The van der Waals surface area contributed by atoms with Crippen LogP contribution in [0, 0.1) is 0 Å². The fraction of sp³-hybridized carbons (Fsp3) is 0.750. The number of aromatic nitrogens is 2. The molecule has 1 unspecified atom stereocenters. The van der Waals surface area contributed by atoms with Crippen molar-refractivity contribution in [2.45, 2.75) is 32.4 Å². The van der Waals surface area contributed by atoms with Crippen LogP contribution in [0.15, 0.2) is 4.52 Å². The highest BCUT2D eigenvalue weighted by Crippen LogP contribution is 2.13. The second kappa shape index (κ2) is 6.12. The molecule has 1 saturated heterocycles. The lowest BCUT2D eigenvalue weighted by Gasteiger charge is -2.33. The molecule has 106 valence electrons. The van der Waals surface area contributed by atoms with Gasteiger partial charge in [-0.25, -0.2) is 0 Å². The predicted octanol–water partition coefficient (Wildman–Crippen LogP) is -0.287. The molecule has 2 rings (SSSR count). The van der Waals surface area contributed by atoms with Crippen LogP contribution >= 0.6 is 0 Å². The van der Waals surface area contributed by atoms with Gasteiger partial charge in [0.1, 0.15) is 6.04 Å². The van der Waals surface area contributed by atoms with Gasteiger partial charge in [-0.3, -0.25) is 9.69 Å². The number of likely N-dealkylation sites (N-methyl/N-ethyl adjacent to an activating group) is 1. The number of nitrogens with zero attached hydrogens (tertiary/aromatic N) is 3. The van der Waals surface area contributed by atoms with Gasteiger partial charge in [0.05, 0.1) is 6.54 Å². The van der Waals surface area contributed by atoms with E-state index in [-0.39, 0.29) is 17.9 Å². The van der Waals surface area contributed by atoms with Crippen LogP contribution in [-0.2, 0) is 11.3 Å². The van der Waals surface area contributed by atoms with Gasteiger partial charge >= 0.3 is 0 Å². The highest BCUT2D eigenvalue weighted by atomic mass is 16.5. The zero-order chi connectivity index (χ0) is 13.8. The second-order valence-electron chi connectivity index (χ2n) is 5.01. The highest BCUT2D eigenvalue weighted by molar-refractivity contribution is 5.81. The Labute approximate surface area is 112 Å². The highest BCUT2D eigenvalue weighted by Gasteiger charge is 2.29. The molecule has 0 aromatic carbocycles. The van der Waals surface area contributed by atoms with Gasteiger partial charge in [-0.15, -0.1) is 0 Å². The average Bonchev–Trinajstić information content (AvgIpc) is 2.87. The summed E-state index contributed by atoms with van der Waals surface area (Å²) in [6.45, 7) is 6.86. The molecule has 1 amide bonds. The zero-order valence-corrected chi connectivity index (χ0v) is 11.6. The van der Waals surface area contributed by atoms with E-state index in [1.807, 2.05) is 13.8 Å². The maximum Gasteiger partial charge on any atom is 0.238 e. The number of nitrogens with one attached hydrogen (secondary N) is 2. The van der Waals surface area contributed by atoms with Gasteiger partial charge in [0.2, 0.25) is 11.8 Å². The van der Waals surface area contributed by atoms with E-state index in [1.54, 1.807) is 7.05 Å². The van der Waals surface area contributed by atoms with Crippen molar-refractivity contribution in [2.75, 3.05) is 26.7 Å². The molecule has 1 fully saturated rings. The van der Waals surface area contributed by atoms with E-state index in [1.165, 1.54) is 0 Å². The minimum Gasteiger partial charge on any atom is -0.358 e. The van der Waals surface area contributed by atoms with Gasteiger partial charge in [-0.05, 0) is 0 Å². The van der Waals surface area contributed by atoms with Gasteiger partial charge in [0.15, 0.2) is 5.82 Å². The second-order valence-corrected chi connectivity index (χ2v) is 5.01. The molecule has 0 saturated carbocycles. The third-order valence-electron chi connectivity index (χ3n) is 3.23. The third kappa shape index (κ3) is 3.30. The Bertz CT molecular complexity index is 432. The molecule has 0 spiro atoms. The van der Waals surface area contributed by atoms with E-state index in [0.29, 0.717) is 24.8 Å². The van der Waals surface area contributed by atoms with Gasteiger partial charge in [0, 0.05) is 32.6 Å². The monoisotopic (exact) mass is 267 g/mol. The van der Waals surface area contributed by atoms with Crippen LogP contribution in [0.1, 0.15) is 31.5 Å². The Kier molecular flexibility index (Phi) is 4.49. The molecule has 1 atom stereocenters. The maximum atomic E-state index is 11.8. The van der Waals surface area contributed by atoms with Crippen molar-refractivity contribution < 1.29 is 9.32 Å².